The van der Waals surface area contributed by atoms with Crippen molar-refractivity contribution in [1.29, 1.82) is 0 Å². The molecule has 1 fully saturated rings. The van der Waals surface area contributed by atoms with Crippen molar-refractivity contribution in [1.82, 2.24) is 15.1 Å². The van der Waals surface area contributed by atoms with Crippen molar-refractivity contribution in [2.75, 3.05) is 6.54 Å². The average Bonchev–Trinajstić information content (AvgIpc) is 3.14. The Morgan fingerprint density at radius 2 is 1.51 bits per heavy atom. The molecule has 1 aliphatic carbocycles. The molecular weight excluding hydrogens is 490 g/mol. The van der Waals surface area contributed by atoms with Crippen molar-refractivity contribution in [3.63, 3.8) is 0 Å². The summed E-state index contributed by atoms with van der Waals surface area (Å²) in [6.07, 6.45) is 5.33. The number of rotatable bonds is 9. The van der Waals surface area contributed by atoms with E-state index >= 15 is 0 Å². The molecule has 1 saturated heterocycles. The Labute approximate surface area is 231 Å². The predicted molar refractivity (Wildman–Crippen MR) is 150 cm³/mol. The van der Waals surface area contributed by atoms with E-state index in [2.05, 4.69) is 5.32 Å². The van der Waals surface area contributed by atoms with Crippen molar-refractivity contribution in [3.8, 4) is 0 Å². The van der Waals surface area contributed by atoms with Crippen LogP contribution in [-0.4, -0.2) is 51.6 Å². The molecule has 0 saturated carbocycles. The molecule has 1 N–H and O–H groups in total. The van der Waals surface area contributed by atoms with Crippen LogP contribution in [0.2, 0.25) is 0 Å². The molecule has 0 spiro atoms. The van der Waals surface area contributed by atoms with Gasteiger partial charge in [0.25, 0.3) is 0 Å². The van der Waals surface area contributed by atoms with Crippen molar-refractivity contribution >= 4 is 23.6 Å². The van der Waals surface area contributed by atoms with Crippen molar-refractivity contribution < 1.29 is 19.2 Å². The number of amides is 4. The van der Waals surface area contributed by atoms with Crippen LogP contribution >= 0.6 is 0 Å². The van der Waals surface area contributed by atoms with Crippen molar-refractivity contribution in [3.05, 3.63) is 83.4 Å². The molecule has 0 radical (unpaired) electrons. The molecule has 0 bridgehead atoms. The van der Waals surface area contributed by atoms with Crippen LogP contribution in [0.4, 0.5) is 0 Å². The van der Waals surface area contributed by atoms with E-state index in [0.29, 0.717) is 19.3 Å². The summed E-state index contributed by atoms with van der Waals surface area (Å²) in [7, 11) is 0. The first kappa shape index (κ1) is 28.3. The van der Waals surface area contributed by atoms with Crippen molar-refractivity contribution in [2.45, 2.75) is 71.5 Å². The maximum atomic E-state index is 13.9. The van der Waals surface area contributed by atoms with Gasteiger partial charge in [0.05, 0.1) is 11.8 Å². The number of nitrogens with zero attached hydrogens (tertiary/aromatic N) is 2. The van der Waals surface area contributed by atoms with Gasteiger partial charge in [-0.1, -0.05) is 72.3 Å². The number of imide groups is 1. The third-order valence-electron chi connectivity index (χ3n) is 7.39. The van der Waals surface area contributed by atoms with Crippen LogP contribution in [0.15, 0.2) is 66.7 Å². The number of benzene rings is 2. The molecule has 39 heavy (non-hydrogen) atoms. The molecule has 2 aromatic rings. The van der Waals surface area contributed by atoms with Crippen LogP contribution in [0.1, 0.15) is 56.7 Å². The van der Waals surface area contributed by atoms with Gasteiger partial charge >= 0.3 is 0 Å². The van der Waals surface area contributed by atoms with Crippen LogP contribution in [0.25, 0.3) is 0 Å². The van der Waals surface area contributed by atoms with Gasteiger partial charge < -0.3 is 10.2 Å². The number of aryl methyl sites for hydroxylation is 1. The molecule has 7 nitrogen and oxygen atoms in total. The first-order valence-electron chi connectivity index (χ1n) is 13.7. The molecule has 3 atom stereocenters. The van der Waals surface area contributed by atoms with Crippen LogP contribution in [-0.2, 0) is 32.1 Å². The smallest absolute Gasteiger partial charge is 0.243 e. The fraction of sp³-hybridized carbons (Fsp3) is 0.438. The van der Waals surface area contributed by atoms with E-state index < -0.39 is 11.6 Å². The van der Waals surface area contributed by atoms with Gasteiger partial charge in [-0.05, 0) is 51.7 Å². The predicted octanol–water partition coefficient (Wildman–Crippen LogP) is 4.19. The van der Waals surface area contributed by atoms with Gasteiger partial charge in [-0.25, -0.2) is 0 Å². The molecule has 7 heteroatoms. The van der Waals surface area contributed by atoms with E-state index in [4.69, 9.17) is 0 Å². The third kappa shape index (κ3) is 7.02. The summed E-state index contributed by atoms with van der Waals surface area (Å²) in [6.45, 7) is 8.00. The molecule has 1 aliphatic heterocycles. The fourth-order valence-corrected chi connectivity index (χ4v) is 5.34. The SMILES string of the molecule is Cc1ccc(CN(C(=O)CCN2C(=O)[C@H]3CC=CC[C@H]3C2=O)[C@H](Cc2ccccc2)C(=O)NC(C)(C)C)cc1. The van der Waals surface area contributed by atoms with Crippen LogP contribution in [0.5, 0.6) is 0 Å². The molecule has 0 unspecified atom stereocenters. The summed E-state index contributed by atoms with van der Waals surface area (Å²) >= 11 is 0. The minimum Gasteiger partial charge on any atom is -0.350 e. The maximum absolute atomic E-state index is 13.9. The summed E-state index contributed by atoms with van der Waals surface area (Å²) in [4.78, 5) is 56.4. The fourth-order valence-electron chi connectivity index (χ4n) is 5.34. The third-order valence-corrected chi connectivity index (χ3v) is 7.39. The van der Waals surface area contributed by atoms with Gasteiger partial charge in [0.1, 0.15) is 6.04 Å². The Hall–Kier alpha value is -3.74. The van der Waals surface area contributed by atoms with E-state index in [-0.39, 0.29) is 55.0 Å². The largest absolute Gasteiger partial charge is 0.350 e. The Morgan fingerprint density at radius 3 is 2.08 bits per heavy atom. The van der Waals surface area contributed by atoms with Gasteiger partial charge in [0.15, 0.2) is 0 Å². The quantitative estimate of drug-likeness (QED) is 0.390. The molecule has 1 heterocycles. The lowest BCUT2D eigenvalue weighted by atomic mass is 9.85. The normalized spacial score (nSPS) is 19.5. The van der Waals surface area contributed by atoms with E-state index in [0.717, 1.165) is 16.7 Å². The number of allylic oxidation sites excluding steroid dienone is 2. The summed E-state index contributed by atoms with van der Waals surface area (Å²) in [5.74, 6) is -1.56. The molecule has 4 amide bonds. The molecule has 206 valence electrons. The number of nitrogens with one attached hydrogen (secondary N) is 1. The minimum atomic E-state index is -0.766. The lowest BCUT2D eigenvalue weighted by Gasteiger charge is -2.34. The second-order valence-corrected chi connectivity index (χ2v) is 11.7. The van der Waals surface area contributed by atoms with Gasteiger partial charge in [0, 0.05) is 31.5 Å². The van der Waals surface area contributed by atoms with Gasteiger partial charge in [0.2, 0.25) is 23.6 Å². The number of fused-ring (bicyclic) bond motifs is 1. The molecule has 2 aromatic carbocycles. The Morgan fingerprint density at radius 1 is 0.923 bits per heavy atom. The zero-order chi connectivity index (χ0) is 28.2. The van der Waals surface area contributed by atoms with E-state index in [9.17, 15) is 19.2 Å². The highest BCUT2D eigenvalue weighted by molar-refractivity contribution is 6.05. The highest BCUT2D eigenvalue weighted by atomic mass is 16.2. The summed E-state index contributed by atoms with van der Waals surface area (Å²) in [5, 5.41) is 3.06. The second-order valence-electron chi connectivity index (χ2n) is 11.7. The number of carbonyl (C=O) groups excluding carboxylic acids is 4. The lowest BCUT2D eigenvalue weighted by molar-refractivity contribution is -0.144. The Bertz CT molecular complexity index is 1200. The molecule has 4 rings (SSSR count). The maximum Gasteiger partial charge on any atom is 0.243 e. The van der Waals surface area contributed by atoms with Crippen LogP contribution in [0, 0.1) is 18.8 Å². The highest BCUT2D eigenvalue weighted by Crippen LogP contribution is 2.35. The topological polar surface area (TPSA) is 86.8 Å². The number of carbonyl (C=O) groups is 4. The zero-order valence-electron chi connectivity index (χ0n) is 23.4. The summed E-state index contributed by atoms with van der Waals surface area (Å²) in [6, 6.07) is 16.8. The van der Waals surface area contributed by atoms with Gasteiger partial charge in [-0.2, -0.15) is 0 Å². The summed E-state index contributed by atoms with van der Waals surface area (Å²) < 4.78 is 0. The zero-order valence-corrected chi connectivity index (χ0v) is 23.4. The minimum absolute atomic E-state index is 0.0207. The Balaban J connectivity index is 1.60. The van der Waals surface area contributed by atoms with E-state index in [1.54, 1.807) is 4.90 Å². The van der Waals surface area contributed by atoms with E-state index in [1.807, 2.05) is 94.4 Å². The number of hydrogen-bond donors (Lipinski definition) is 1. The molecule has 0 aromatic heterocycles. The van der Waals surface area contributed by atoms with Crippen LogP contribution < -0.4 is 5.32 Å². The molecule has 2 aliphatic rings. The first-order valence-corrected chi connectivity index (χ1v) is 13.7. The van der Waals surface area contributed by atoms with Gasteiger partial charge in [-0.3, -0.25) is 24.1 Å². The Kier molecular flexibility index (Phi) is 8.68. The van der Waals surface area contributed by atoms with E-state index in [1.165, 1.54) is 4.90 Å². The lowest BCUT2D eigenvalue weighted by Crippen LogP contribution is -2.54. The monoisotopic (exact) mass is 529 g/mol. The highest BCUT2D eigenvalue weighted by Gasteiger charge is 2.47. The first-order chi connectivity index (χ1) is 18.5. The second kappa shape index (κ2) is 12.0. The number of likely N-dealkylation sites (tertiary alicyclic amines) is 1. The summed E-state index contributed by atoms with van der Waals surface area (Å²) in [5.41, 5.74) is 2.46. The molecular formula is C32H39N3O4. The van der Waals surface area contributed by atoms with Crippen molar-refractivity contribution in [2.24, 2.45) is 11.8 Å². The number of hydrogen-bond acceptors (Lipinski definition) is 4. The standard InChI is InChI=1S/C32H39N3O4/c1-22-14-16-24(17-15-22)21-35(27(29(37)33-32(2,3)4)20-23-10-6-5-7-11-23)28(36)18-19-34-30(38)25-12-8-9-13-26(25)31(34)39/h5-11,14-17,25-27H,12-13,18-21H2,1-4H3,(H,33,37)/t25-,26+,27-/m1/s1. The van der Waals surface area contributed by atoms with Crippen LogP contribution in [0.3, 0.4) is 0 Å². The van der Waals surface area contributed by atoms with Gasteiger partial charge in [-0.15, -0.1) is 0 Å². The average molecular weight is 530 g/mol.